The van der Waals surface area contributed by atoms with Crippen LogP contribution in [0.25, 0.3) is 27.6 Å². The number of amides is 1. The predicted octanol–water partition coefficient (Wildman–Crippen LogP) is 5.12. The second-order valence-corrected chi connectivity index (χ2v) is 7.45. The maximum atomic E-state index is 12.4. The fourth-order valence-corrected chi connectivity index (χ4v) is 3.85. The molecule has 0 atom stereocenters. The molecule has 12 nitrogen and oxygen atoms in total. The van der Waals surface area contributed by atoms with Gasteiger partial charge in [-0.15, -0.1) is 4.91 Å². The summed E-state index contributed by atoms with van der Waals surface area (Å²) in [7, 11) is 0. The van der Waals surface area contributed by atoms with Crippen molar-refractivity contribution in [3.8, 4) is 40.1 Å². The standard InChI is InChI=1S/C25H20N2O10/c1-3-34-24(31)36-19-14-11-7-8-13(21(28)26-33)12-17(14)20(37-25(32)35-4-2)18(19)27-22(29)15-9-5-6-10-16(15)23(27)30/h5-12,29-30H,3-4H2,1-2H3. The number of benzene rings is 1. The molecule has 0 aliphatic heterocycles. The summed E-state index contributed by atoms with van der Waals surface area (Å²) >= 11 is 0. The minimum Gasteiger partial charge on any atom is -0.494 e. The van der Waals surface area contributed by atoms with Gasteiger partial charge in [0.1, 0.15) is 5.69 Å². The monoisotopic (exact) mass is 508 g/mol. The Morgan fingerprint density at radius 2 is 1.35 bits per heavy atom. The van der Waals surface area contributed by atoms with E-state index in [0.29, 0.717) is 0 Å². The summed E-state index contributed by atoms with van der Waals surface area (Å²) < 4.78 is 21.6. The lowest BCUT2D eigenvalue weighted by Gasteiger charge is -2.12. The topological polar surface area (TPSA) is 163 Å². The summed E-state index contributed by atoms with van der Waals surface area (Å²) in [5, 5.41) is 25.0. The molecule has 0 fully saturated rings. The van der Waals surface area contributed by atoms with Gasteiger partial charge in [-0.2, -0.15) is 0 Å². The average Bonchev–Trinajstić information content (AvgIpc) is 3.16. The zero-order valence-corrected chi connectivity index (χ0v) is 19.6. The molecule has 2 N–H and O–H groups in total. The number of hydrogen-bond acceptors (Lipinski definition) is 10. The molecule has 1 aromatic carbocycles. The lowest BCUT2D eigenvalue weighted by atomic mass is 10.1. The number of aromatic hydroxyl groups is 2. The molecule has 2 aliphatic carbocycles. The SMILES string of the molecule is CCOC(=O)Oc1c2cccc(C(=O)N=O)cc-2c(OC(=O)OCC)c1-n1c(O)c2ccccc2c1O. The molecule has 190 valence electrons. The van der Waals surface area contributed by atoms with Crippen molar-refractivity contribution in [1.82, 2.24) is 4.57 Å². The Bertz CT molecular complexity index is 1470. The predicted molar refractivity (Wildman–Crippen MR) is 129 cm³/mol. The fraction of sp³-hybridized carbons (Fsp3) is 0.160. The molecule has 0 spiro atoms. The van der Waals surface area contributed by atoms with Gasteiger partial charge in [-0.1, -0.05) is 24.3 Å². The van der Waals surface area contributed by atoms with Gasteiger partial charge < -0.3 is 29.2 Å². The number of ether oxygens (including phenoxy) is 4. The lowest BCUT2D eigenvalue weighted by Crippen LogP contribution is -2.13. The van der Waals surface area contributed by atoms with Crippen molar-refractivity contribution in [1.29, 1.82) is 0 Å². The maximum absolute atomic E-state index is 12.4. The summed E-state index contributed by atoms with van der Waals surface area (Å²) in [6.07, 6.45) is -2.30. The second-order valence-electron chi connectivity index (χ2n) is 7.45. The van der Waals surface area contributed by atoms with E-state index in [1.165, 1.54) is 36.4 Å². The summed E-state index contributed by atoms with van der Waals surface area (Å²) in [4.78, 5) is 47.8. The molecule has 0 saturated heterocycles. The minimum atomic E-state index is -1.16. The first-order chi connectivity index (χ1) is 17.8. The molecular formula is C25H20N2O10. The van der Waals surface area contributed by atoms with E-state index in [1.54, 1.807) is 26.0 Å². The zero-order valence-electron chi connectivity index (χ0n) is 19.6. The van der Waals surface area contributed by atoms with Crippen molar-refractivity contribution < 1.29 is 43.5 Å². The van der Waals surface area contributed by atoms with Gasteiger partial charge in [0.25, 0.3) is 0 Å². The molecule has 4 rings (SSSR count). The highest BCUT2D eigenvalue weighted by Crippen LogP contribution is 2.54. The van der Waals surface area contributed by atoms with Crippen molar-refractivity contribution >= 4 is 29.0 Å². The van der Waals surface area contributed by atoms with Gasteiger partial charge in [-0.05, 0) is 38.1 Å². The van der Waals surface area contributed by atoms with E-state index in [1.807, 2.05) is 0 Å². The van der Waals surface area contributed by atoms with Gasteiger partial charge in [0.05, 0.1) is 13.2 Å². The molecule has 2 aliphatic rings. The highest BCUT2D eigenvalue weighted by Gasteiger charge is 2.34. The zero-order chi connectivity index (χ0) is 26.7. The minimum absolute atomic E-state index is 0.00379. The van der Waals surface area contributed by atoms with Crippen LogP contribution in [-0.2, 0) is 9.47 Å². The van der Waals surface area contributed by atoms with E-state index in [4.69, 9.17) is 18.9 Å². The number of carbonyl (C=O) groups is 3. The van der Waals surface area contributed by atoms with E-state index < -0.39 is 30.0 Å². The van der Waals surface area contributed by atoms with E-state index in [0.717, 1.165) is 4.57 Å². The summed E-state index contributed by atoms with van der Waals surface area (Å²) in [5.41, 5.74) is -0.352. The van der Waals surface area contributed by atoms with Crippen molar-refractivity contribution in [2.75, 3.05) is 13.2 Å². The Morgan fingerprint density at radius 1 is 0.811 bits per heavy atom. The van der Waals surface area contributed by atoms with Crippen LogP contribution in [0.15, 0.2) is 53.7 Å². The number of nitrogens with zero attached hydrogens (tertiary/aromatic N) is 2. The summed E-state index contributed by atoms with van der Waals surface area (Å²) in [6.45, 7) is 3.03. The molecule has 0 radical (unpaired) electrons. The quantitative estimate of drug-likeness (QED) is 0.264. The molecular weight excluding hydrogens is 488 g/mol. The van der Waals surface area contributed by atoms with E-state index in [2.05, 4.69) is 5.18 Å². The van der Waals surface area contributed by atoms with Gasteiger partial charge in [0, 0.05) is 32.6 Å². The van der Waals surface area contributed by atoms with Crippen molar-refractivity contribution in [3.05, 3.63) is 59.0 Å². The third-order valence-corrected chi connectivity index (χ3v) is 5.33. The Balaban J connectivity index is 2.13. The van der Waals surface area contributed by atoms with Crippen LogP contribution >= 0.6 is 0 Å². The number of rotatable bonds is 6. The molecule has 0 unspecified atom stereocenters. The molecule has 37 heavy (non-hydrogen) atoms. The van der Waals surface area contributed by atoms with Crippen LogP contribution < -0.4 is 9.47 Å². The van der Waals surface area contributed by atoms with Gasteiger partial charge in [-0.3, -0.25) is 4.79 Å². The normalized spacial score (nSPS) is 10.8. The van der Waals surface area contributed by atoms with Crippen LogP contribution in [-0.4, -0.2) is 46.2 Å². The van der Waals surface area contributed by atoms with E-state index >= 15 is 0 Å². The first kappa shape index (κ1) is 25.0. The number of hydrogen-bond donors (Lipinski definition) is 2. The van der Waals surface area contributed by atoms with Gasteiger partial charge in [-0.25, -0.2) is 14.2 Å². The molecule has 1 amide bonds. The van der Waals surface area contributed by atoms with Crippen molar-refractivity contribution in [2.45, 2.75) is 13.8 Å². The average molecular weight is 508 g/mol. The number of nitroso groups, excluding NO2 is 1. The number of aromatic nitrogens is 1. The Morgan fingerprint density at radius 3 is 1.86 bits per heavy atom. The van der Waals surface area contributed by atoms with Crippen LogP contribution in [0.3, 0.4) is 0 Å². The number of carbonyl (C=O) groups excluding carboxylic acids is 3. The largest absolute Gasteiger partial charge is 0.513 e. The second kappa shape index (κ2) is 10.2. The highest BCUT2D eigenvalue weighted by atomic mass is 16.7. The van der Waals surface area contributed by atoms with Gasteiger partial charge in [0.15, 0.2) is 11.5 Å². The summed E-state index contributed by atoms with van der Waals surface area (Å²) in [5.74, 6) is -2.70. The molecule has 1 aromatic heterocycles. The Kier molecular flexibility index (Phi) is 6.91. The lowest BCUT2D eigenvalue weighted by molar-refractivity contribution is 0.0997. The Hall–Kier alpha value is -5.13. The summed E-state index contributed by atoms with van der Waals surface area (Å²) in [6, 6.07) is 11.6. The van der Waals surface area contributed by atoms with E-state index in [9.17, 15) is 29.5 Å². The first-order valence-electron chi connectivity index (χ1n) is 11.0. The van der Waals surface area contributed by atoms with Crippen LogP contribution in [0.4, 0.5) is 9.59 Å². The molecule has 0 bridgehead atoms. The van der Waals surface area contributed by atoms with Gasteiger partial charge >= 0.3 is 18.2 Å². The third kappa shape index (κ3) is 4.47. The van der Waals surface area contributed by atoms with Crippen LogP contribution in [0.5, 0.6) is 23.3 Å². The molecule has 1 heterocycles. The highest BCUT2D eigenvalue weighted by molar-refractivity contribution is 6.01. The van der Waals surface area contributed by atoms with Crippen molar-refractivity contribution in [3.63, 3.8) is 0 Å². The van der Waals surface area contributed by atoms with Crippen LogP contribution in [0.2, 0.25) is 0 Å². The van der Waals surface area contributed by atoms with Crippen LogP contribution in [0.1, 0.15) is 24.2 Å². The first-order valence-corrected chi connectivity index (χ1v) is 11.0. The maximum Gasteiger partial charge on any atom is 0.513 e. The van der Waals surface area contributed by atoms with Crippen LogP contribution in [0, 0.1) is 4.91 Å². The Labute approximate surface area is 208 Å². The molecule has 12 heteroatoms. The molecule has 2 aromatic rings. The van der Waals surface area contributed by atoms with E-state index in [-0.39, 0.29) is 57.9 Å². The molecule has 0 saturated carbocycles. The van der Waals surface area contributed by atoms with Gasteiger partial charge in [0.2, 0.25) is 11.8 Å². The van der Waals surface area contributed by atoms with Crippen molar-refractivity contribution in [2.24, 2.45) is 5.18 Å². The number of fused-ring (bicyclic) bond motifs is 2. The fourth-order valence-electron chi connectivity index (χ4n) is 3.85. The smallest absolute Gasteiger partial charge is 0.494 e. The third-order valence-electron chi connectivity index (χ3n) is 5.33.